The summed E-state index contributed by atoms with van der Waals surface area (Å²) in [5, 5.41) is 7.84. The van der Waals surface area contributed by atoms with E-state index in [2.05, 4.69) is 47.7 Å². The maximum absolute atomic E-state index is 5.73. The Morgan fingerprint density at radius 3 is 2.81 bits per heavy atom. The van der Waals surface area contributed by atoms with Crippen LogP contribution in [0.25, 0.3) is 0 Å². The predicted octanol–water partition coefficient (Wildman–Crippen LogP) is 2.91. The highest BCUT2D eigenvalue weighted by molar-refractivity contribution is 5.14. The molecule has 1 N–H and O–H groups in total. The molecule has 21 heavy (non-hydrogen) atoms. The fourth-order valence-electron chi connectivity index (χ4n) is 2.29. The van der Waals surface area contributed by atoms with Gasteiger partial charge in [-0.05, 0) is 38.4 Å². The van der Waals surface area contributed by atoms with Gasteiger partial charge >= 0.3 is 0 Å². The summed E-state index contributed by atoms with van der Waals surface area (Å²) in [6.07, 6.45) is 1.02. The second kappa shape index (κ2) is 8.60. The highest BCUT2D eigenvalue weighted by atomic mass is 16.5. The highest BCUT2D eigenvalue weighted by Gasteiger charge is 2.03. The van der Waals surface area contributed by atoms with Crippen LogP contribution in [-0.2, 0) is 24.4 Å². The van der Waals surface area contributed by atoms with Crippen molar-refractivity contribution in [2.24, 2.45) is 0 Å². The van der Waals surface area contributed by atoms with E-state index in [1.54, 1.807) is 0 Å². The zero-order valence-electron chi connectivity index (χ0n) is 13.0. The molecular weight excluding hydrogens is 262 g/mol. The molecule has 0 spiro atoms. The molecule has 2 aromatic rings. The molecule has 4 nitrogen and oxygen atoms in total. The van der Waals surface area contributed by atoms with Crippen LogP contribution in [0, 0.1) is 6.92 Å². The van der Waals surface area contributed by atoms with Crippen molar-refractivity contribution in [3.8, 4) is 0 Å². The van der Waals surface area contributed by atoms with Crippen LogP contribution in [0.15, 0.2) is 36.4 Å². The van der Waals surface area contributed by atoms with Crippen molar-refractivity contribution in [3.05, 3.63) is 53.3 Å². The van der Waals surface area contributed by atoms with Crippen LogP contribution in [0.1, 0.15) is 30.3 Å². The Morgan fingerprint density at radius 2 is 2.05 bits per heavy atom. The second-order valence-electron chi connectivity index (χ2n) is 5.16. The first-order chi connectivity index (χ1) is 10.3. The van der Waals surface area contributed by atoms with Gasteiger partial charge in [0, 0.05) is 19.7 Å². The van der Waals surface area contributed by atoms with Crippen molar-refractivity contribution >= 4 is 0 Å². The third-order valence-corrected chi connectivity index (χ3v) is 3.35. The van der Waals surface area contributed by atoms with Crippen molar-refractivity contribution in [2.75, 3.05) is 13.2 Å². The molecule has 0 unspecified atom stereocenters. The molecule has 1 aromatic carbocycles. The van der Waals surface area contributed by atoms with E-state index in [0.29, 0.717) is 6.61 Å². The van der Waals surface area contributed by atoms with E-state index in [4.69, 9.17) is 4.74 Å². The van der Waals surface area contributed by atoms with E-state index in [9.17, 15) is 0 Å². The molecule has 0 aliphatic heterocycles. The Kier molecular flexibility index (Phi) is 6.44. The van der Waals surface area contributed by atoms with Crippen molar-refractivity contribution in [1.82, 2.24) is 15.1 Å². The monoisotopic (exact) mass is 287 g/mol. The zero-order valence-corrected chi connectivity index (χ0v) is 13.0. The minimum absolute atomic E-state index is 0.646. The lowest BCUT2D eigenvalue weighted by Gasteiger charge is -2.07. The number of benzene rings is 1. The fourth-order valence-corrected chi connectivity index (χ4v) is 2.29. The number of nitrogens with one attached hydrogen (secondary N) is 1. The highest BCUT2D eigenvalue weighted by Crippen LogP contribution is 2.05. The number of nitrogens with zero attached hydrogens (tertiary/aromatic N) is 2. The van der Waals surface area contributed by atoms with Crippen molar-refractivity contribution in [1.29, 1.82) is 0 Å². The third-order valence-electron chi connectivity index (χ3n) is 3.35. The van der Waals surface area contributed by atoms with Gasteiger partial charge in [-0.15, -0.1) is 0 Å². The van der Waals surface area contributed by atoms with Crippen LogP contribution in [0.4, 0.5) is 0 Å². The Labute approximate surface area is 127 Å². The summed E-state index contributed by atoms with van der Waals surface area (Å²) in [7, 11) is 0. The van der Waals surface area contributed by atoms with Crippen LogP contribution in [0.2, 0.25) is 0 Å². The maximum atomic E-state index is 5.73. The average molecular weight is 287 g/mol. The molecule has 4 heteroatoms. The summed E-state index contributed by atoms with van der Waals surface area (Å²) >= 11 is 0. The summed E-state index contributed by atoms with van der Waals surface area (Å²) in [4.78, 5) is 0. The maximum Gasteiger partial charge on any atom is 0.0884 e. The topological polar surface area (TPSA) is 39.1 Å². The molecule has 0 fully saturated rings. The van der Waals surface area contributed by atoms with Crippen molar-refractivity contribution in [2.45, 2.75) is 40.0 Å². The van der Waals surface area contributed by atoms with Crippen molar-refractivity contribution in [3.63, 3.8) is 0 Å². The molecule has 0 saturated heterocycles. The molecular formula is C17H25N3O. The van der Waals surface area contributed by atoms with Crippen LogP contribution >= 0.6 is 0 Å². The van der Waals surface area contributed by atoms with Crippen LogP contribution in [0.3, 0.4) is 0 Å². The van der Waals surface area contributed by atoms with E-state index in [0.717, 1.165) is 44.0 Å². The number of hydrogen-bond donors (Lipinski definition) is 1. The summed E-state index contributed by atoms with van der Waals surface area (Å²) in [6, 6.07) is 12.5. The van der Waals surface area contributed by atoms with Gasteiger partial charge in [0.25, 0.3) is 0 Å². The first-order valence-corrected chi connectivity index (χ1v) is 7.65. The standard InChI is InChI=1S/C17H25N3O/c1-3-20-17(12-15(2)19-20)14-21-11-7-10-18-13-16-8-5-4-6-9-16/h4-6,8-9,12,18H,3,7,10-11,13-14H2,1-2H3. The van der Waals surface area contributed by atoms with Crippen LogP contribution < -0.4 is 5.32 Å². The number of aromatic nitrogens is 2. The smallest absolute Gasteiger partial charge is 0.0884 e. The Balaban J connectivity index is 1.56. The molecule has 0 radical (unpaired) electrons. The lowest BCUT2D eigenvalue weighted by Crippen LogP contribution is -2.16. The lowest BCUT2D eigenvalue weighted by atomic mass is 10.2. The first-order valence-electron chi connectivity index (χ1n) is 7.65. The summed E-state index contributed by atoms with van der Waals surface area (Å²) in [5.74, 6) is 0. The SMILES string of the molecule is CCn1nc(C)cc1COCCCNCc1ccccc1. The molecule has 0 amide bonds. The van der Waals surface area contributed by atoms with Gasteiger partial charge in [0.15, 0.2) is 0 Å². The number of aryl methyl sites for hydroxylation is 2. The lowest BCUT2D eigenvalue weighted by molar-refractivity contribution is 0.112. The van der Waals surface area contributed by atoms with Crippen LogP contribution in [0.5, 0.6) is 0 Å². The number of ether oxygens (including phenoxy) is 1. The van der Waals surface area contributed by atoms with Gasteiger partial charge in [-0.1, -0.05) is 30.3 Å². The molecule has 0 aliphatic rings. The Hall–Kier alpha value is -1.65. The molecule has 2 rings (SSSR count). The summed E-state index contributed by atoms with van der Waals surface area (Å²) in [6.45, 7) is 8.32. The van der Waals surface area contributed by atoms with E-state index in [1.807, 2.05) is 17.7 Å². The Bertz CT molecular complexity index is 522. The minimum atomic E-state index is 0.646. The summed E-state index contributed by atoms with van der Waals surface area (Å²) < 4.78 is 7.73. The molecule has 1 heterocycles. The van der Waals surface area contributed by atoms with E-state index >= 15 is 0 Å². The first kappa shape index (κ1) is 15.7. The van der Waals surface area contributed by atoms with Gasteiger partial charge in [-0.3, -0.25) is 4.68 Å². The molecule has 0 saturated carbocycles. The predicted molar refractivity (Wildman–Crippen MR) is 85.1 cm³/mol. The quantitative estimate of drug-likeness (QED) is 0.721. The number of rotatable bonds is 9. The van der Waals surface area contributed by atoms with Gasteiger partial charge in [0.2, 0.25) is 0 Å². The van der Waals surface area contributed by atoms with E-state index in [-0.39, 0.29) is 0 Å². The molecule has 114 valence electrons. The zero-order chi connectivity index (χ0) is 14.9. The Morgan fingerprint density at radius 1 is 1.24 bits per heavy atom. The van der Waals surface area contributed by atoms with Gasteiger partial charge in [-0.25, -0.2) is 0 Å². The normalized spacial score (nSPS) is 11.0. The molecule has 0 aliphatic carbocycles. The van der Waals surface area contributed by atoms with Gasteiger partial charge in [-0.2, -0.15) is 5.10 Å². The van der Waals surface area contributed by atoms with Gasteiger partial charge < -0.3 is 10.1 Å². The van der Waals surface area contributed by atoms with E-state index in [1.165, 1.54) is 5.56 Å². The van der Waals surface area contributed by atoms with Gasteiger partial charge in [0.05, 0.1) is 18.0 Å². The second-order valence-corrected chi connectivity index (χ2v) is 5.16. The van der Waals surface area contributed by atoms with Gasteiger partial charge in [0.1, 0.15) is 0 Å². The summed E-state index contributed by atoms with van der Waals surface area (Å²) in [5.41, 5.74) is 3.54. The average Bonchev–Trinajstić information content (AvgIpc) is 2.87. The molecule has 1 aromatic heterocycles. The van der Waals surface area contributed by atoms with Crippen LogP contribution in [-0.4, -0.2) is 22.9 Å². The number of hydrogen-bond acceptors (Lipinski definition) is 3. The van der Waals surface area contributed by atoms with Crippen molar-refractivity contribution < 1.29 is 4.74 Å². The largest absolute Gasteiger partial charge is 0.375 e. The molecule has 0 bridgehead atoms. The fraction of sp³-hybridized carbons (Fsp3) is 0.471. The third kappa shape index (κ3) is 5.33. The van der Waals surface area contributed by atoms with E-state index < -0.39 is 0 Å². The molecule has 0 atom stereocenters. The minimum Gasteiger partial charge on any atom is -0.375 e.